The van der Waals surface area contributed by atoms with Crippen LogP contribution in [-0.4, -0.2) is 28.6 Å². The van der Waals surface area contributed by atoms with Gasteiger partial charge in [0.05, 0.1) is 15.9 Å². The summed E-state index contributed by atoms with van der Waals surface area (Å²) >= 11 is 22.2. The lowest BCUT2D eigenvalue weighted by Gasteiger charge is -2.13. The Morgan fingerprint density at radius 3 is 2.42 bits per heavy atom. The van der Waals surface area contributed by atoms with Crippen molar-refractivity contribution in [1.29, 1.82) is 0 Å². The quantitative estimate of drug-likeness (QED) is 0.273. The number of anilines is 1. The number of amides is 3. The van der Waals surface area contributed by atoms with Crippen LogP contribution in [0.3, 0.4) is 0 Å². The maximum absolute atomic E-state index is 12.9. The van der Waals surface area contributed by atoms with Crippen LogP contribution in [0.5, 0.6) is 5.75 Å². The lowest BCUT2D eigenvalue weighted by Crippen LogP contribution is -2.27. The van der Waals surface area contributed by atoms with E-state index in [4.69, 9.17) is 39.5 Å². The van der Waals surface area contributed by atoms with E-state index < -0.39 is 5.91 Å². The van der Waals surface area contributed by atoms with Crippen molar-refractivity contribution in [2.75, 3.05) is 11.9 Å². The number of nitrogens with zero attached hydrogens (tertiary/aromatic N) is 1. The van der Waals surface area contributed by atoms with Crippen molar-refractivity contribution in [3.8, 4) is 5.75 Å². The molecular weight excluding hydrogens is 611 g/mol. The number of rotatable bonds is 7. The van der Waals surface area contributed by atoms with Gasteiger partial charge in [-0.1, -0.05) is 46.9 Å². The summed E-state index contributed by atoms with van der Waals surface area (Å²) in [5.41, 5.74) is 1.90. The largest absolute Gasteiger partial charge is 0.483 e. The molecule has 1 aliphatic heterocycles. The number of benzene rings is 3. The summed E-state index contributed by atoms with van der Waals surface area (Å²) in [6, 6.07) is 16.8. The van der Waals surface area contributed by atoms with Crippen molar-refractivity contribution in [3.63, 3.8) is 0 Å². The van der Waals surface area contributed by atoms with Gasteiger partial charge in [0, 0.05) is 20.8 Å². The maximum Gasteiger partial charge on any atom is 0.293 e. The van der Waals surface area contributed by atoms with Gasteiger partial charge in [-0.15, -0.1) is 0 Å². The molecule has 0 unspecified atom stereocenters. The van der Waals surface area contributed by atoms with Gasteiger partial charge in [-0.05, 0) is 93.4 Å². The summed E-state index contributed by atoms with van der Waals surface area (Å²) in [7, 11) is 0. The van der Waals surface area contributed by atoms with Gasteiger partial charge in [-0.2, -0.15) is 0 Å². The molecule has 0 spiro atoms. The van der Waals surface area contributed by atoms with Crippen molar-refractivity contribution < 1.29 is 19.1 Å². The van der Waals surface area contributed by atoms with E-state index in [1.807, 2.05) is 0 Å². The molecule has 6 nitrogen and oxygen atoms in total. The van der Waals surface area contributed by atoms with E-state index in [9.17, 15) is 14.4 Å². The number of thioether (sulfide) groups is 1. The van der Waals surface area contributed by atoms with E-state index in [-0.39, 0.29) is 29.2 Å². The van der Waals surface area contributed by atoms with E-state index in [1.54, 1.807) is 66.7 Å². The minimum atomic E-state index is -0.411. The summed E-state index contributed by atoms with van der Waals surface area (Å²) in [6.07, 6.45) is 1.62. The van der Waals surface area contributed by atoms with Crippen LogP contribution in [0.25, 0.3) is 6.08 Å². The molecule has 0 saturated carbocycles. The van der Waals surface area contributed by atoms with Gasteiger partial charge in [-0.3, -0.25) is 19.3 Å². The molecule has 36 heavy (non-hydrogen) atoms. The second kappa shape index (κ2) is 11.7. The van der Waals surface area contributed by atoms with E-state index >= 15 is 0 Å². The van der Waals surface area contributed by atoms with Crippen LogP contribution in [-0.2, 0) is 16.1 Å². The SMILES string of the molecule is O=C(COc1ccc(/C=C2\SC(=O)N(Cc3ccc(Cl)cc3Cl)C2=O)cc1Br)Nc1ccc(Cl)cc1. The molecule has 3 aromatic rings. The van der Waals surface area contributed by atoms with Crippen molar-refractivity contribution in [2.24, 2.45) is 0 Å². The smallest absolute Gasteiger partial charge is 0.293 e. The molecule has 1 aliphatic rings. The van der Waals surface area contributed by atoms with Crippen molar-refractivity contribution >= 4 is 91.3 Å². The number of imide groups is 1. The van der Waals surface area contributed by atoms with Crippen LogP contribution in [0.1, 0.15) is 11.1 Å². The molecule has 3 amide bonds. The lowest BCUT2D eigenvalue weighted by atomic mass is 10.2. The number of carbonyl (C=O) groups excluding carboxylic acids is 3. The number of carbonyl (C=O) groups is 3. The van der Waals surface area contributed by atoms with E-state index in [0.717, 1.165) is 16.7 Å². The maximum atomic E-state index is 12.9. The number of ether oxygens (including phenoxy) is 1. The molecule has 0 bridgehead atoms. The van der Waals surface area contributed by atoms with Crippen LogP contribution in [0, 0.1) is 0 Å². The predicted octanol–water partition coefficient (Wildman–Crippen LogP) is 7.66. The molecule has 0 aliphatic carbocycles. The molecule has 11 heteroatoms. The molecule has 1 heterocycles. The topological polar surface area (TPSA) is 75.7 Å². The summed E-state index contributed by atoms with van der Waals surface area (Å²) in [5.74, 6) is -0.294. The first-order valence-electron chi connectivity index (χ1n) is 10.4. The van der Waals surface area contributed by atoms with Crippen LogP contribution in [0.15, 0.2) is 70.0 Å². The number of halogens is 4. The summed E-state index contributed by atoms with van der Waals surface area (Å²) in [4.78, 5) is 38.9. The average Bonchev–Trinajstić information content (AvgIpc) is 3.09. The average molecular weight is 627 g/mol. The highest BCUT2D eigenvalue weighted by Gasteiger charge is 2.35. The van der Waals surface area contributed by atoms with Gasteiger partial charge in [0.15, 0.2) is 6.61 Å². The van der Waals surface area contributed by atoms with E-state index in [2.05, 4.69) is 21.2 Å². The van der Waals surface area contributed by atoms with Gasteiger partial charge in [-0.25, -0.2) is 0 Å². The Labute approximate surface area is 234 Å². The fourth-order valence-corrected chi connectivity index (χ4v) is 5.15. The van der Waals surface area contributed by atoms with Crippen molar-refractivity contribution in [2.45, 2.75) is 6.54 Å². The molecule has 184 valence electrons. The zero-order valence-corrected chi connectivity index (χ0v) is 22.9. The van der Waals surface area contributed by atoms with E-state index in [0.29, 0.717) is 42.1 Å². The fourth-order valence-electron chi connectivity index (χ4n) is 3.21. The predicted molar refractivity (Wildman–Crippen MR) is 148 cm³/mol. The number of hydrogen-bond acceptors (Lipinski definition) is 5. The number of hydrogen-bond donors (Lipinski definition) is 1. The number of nitrogens with one attached hydrogen (secondary N) is 1. The van der Waals surface area contributed by atoms with Gasteiger partial charge in [0.1, 0.15) is 5.75 Å². The summed E-state index contributed by atoms with van der Waals surface area (Å²) in [6.45, 7) is -0.153. The molecule has 1 fully saturated rings. The zero-order chi connectivity index (χ0) is 25.8. The highest BCUT2D eigenvalue weighted by atomic mass is 79.9. The first-order chi connectivity index (χ1) is 17.2. The fraction of sp³-hybridized carbons (Fsp3) is 0.0800. The second-order valence-corrected chi connectivity index (χ2v) is 10.7. The monoisotopic (exact) mass is 624 g/mol. The Hall–Kier alpha value is -2.49. The van der Waals surface area contributed by atoms with Crippen LogP contribution < -0.4 is 10.1 Å². The first kappa shape index (κ1) is 26.6. The first-order valence-corrected chi connectivity index (χ1v) is 13.1. The molecule has 1 N–H and O–H groups in total. The summed E-state index contributed by atoms with van der Waals surface area (Å²) < 4.78 is 6.18. The Morgan fingerprint density at radius 1 is 1.00 bits per heavy atom. The Balaban J connectivity index is 1.39. The van der Waals surface area contributed by atoms with Crippen LogP contribution >= 0.6 is 62.5 Å². The van der Waals surface area contributed by atoms with Crippen LogP contribution in [0.4, 0.5) is 10.5 Å². The van der Waals surface area contributed by atoms with Crippen LogP contribution in [0.2, 0.25) is 15.1 Å². The Kier molecular flexibility index (Phi) is 8.64. The third-order valence-electron chi connectivity index (χ3n) is 4.96. The molecule has 3 aromatic carbocycles. The molecule has 1 saturated heterocycles. The molecular formula is C25H16BrCl3N2O4S. The minimum Gasteiger partial charge on any atom is -0.483 e. The summed E-state index contributed by atoms with van der Waals surface area (Å²) in [5, 5.41) is 3.75. The third kappa shape index (κ3) is 6.63. The minimum absolute atomic E-state index is 0.0482. The van der Waals surface area contributed by atoms with Gasteiger partial charge in [0.2, 0.25) is 0 Å². The molecule has 0 aromatic heterocycles. The van der Waals surface area contributed by atoms with Gasteiger partial charge < -0.3 is 10.1 Å². The molecule has 0 atom stereocenters. The highest BCUT2D eigenvalue weighted by Crippen LogP contribution is 2.35. The molecule has 4 rings (SSSR count). The van der Waals surface area contributed by atoms with Gasteiger partial charge in [0.25, 0.3) is 17.1 Å². The van der Waals surface area contributed by atoms with Gasteiger partial charge >= 0.3 is 0 Å². The highest BCUT2D eigenvalue weighted by molar-refractivity contribution is 9.10. The Bertz CT molecular complexity index is 1380. The molecule has 0 radical (unpaired) electrons. The van der Waals surface area contributed by atoms with E-state index in [1.165, 1.54) is 0 Å². The standard InChI is InChI=1S/C25H16BrCl3N2O4S/c26-19-9-14(1-8-21(19)35-13-23(32)30-18-6-4-16(27)5-7-18)10-22-24(33)31(25(34)36-22)12-15-2-3-17(28)11-20(15)29/h1-11H,12-13H2,(H,30,32)/b22-10-. The Morgan fingerprint density at radius 2 is 1.72 bits per heavy atom. The second-order valence-electron chi connectivity index (χ2n) is 7.54. The normalized spacial score (nSPS) is 14.4. The van der Waals surface area contributed by atoms with Crippen molar-refractivity contribution in [3.05, 3.63) is 96.2 Å². The third-order valence-corrected chi connectivity index (χ3v) is 7.32. The van der Waals surface area contributed by atoms with Crippen molar-refractivity contribution in [1.82, 2.24) is 4.90 Å². The zero-order valence-electron chi connectivity index (χ0n) is 18.3. The lowest BCUT2D eigenvalue weighted by molar-refractivity contribution is -0.123.